The molecule has 1 rings (SSSR count). The molecule has 0 saturated carbocycles. The number of unbranched alkanes of at least 4 members (excludes halogenated alkanes) is 6. The largest absolute Gasteiger partial charge is 0.393 e. The lowest BCUT2D eigenvalue weighted by atomic mass is 10.1. The molecule has 0 aromatic carbocycles. The quantitative estimate of drug-likeness (QED) is 0.599. The summed E-state index contributed by atoms with van der Waals surface area (Å²) in [5.74, 6) is 0. The van der Waals surface area contributed by atoms with E-state index in [1.54, 1.807) is 0 Å². The molecule has 1 heterocycles. The molecule has 1 atom stereocenters. The molecule has 17 heavy (non-hydrogen) atoms. The highest BCUT2D eigenvalue weighted by Gasteiger charge is 2.14. The Morgan fingerprint density at radius 2 is 1.47 bits per heavy atom. The number of ether oxygens (including phenoxy) is 2. The van der Waals surface area contributed by atoms with E-state index in [9.17, 15) is 0 Å². The maximum atomic E-state index is 9.11. The summed E-state index contributed by atoms with van der Waals surface area (Å²) in [6, 6.07) is 0. The van der Waals surface area contributed by atoms with Crippen LogP contribution in [0.3, 0.4) is 0 Å². The van der Waals surface area contributed by atoms with Crippen LogP contribution in [-0.2, 0) is 9.47 Å². The lowest BCUT2D eigenvalue weighted by Crippen LogP contribution is -2.06. The van der Waals surface area contributed by atoms with Gasteiger partial charge in [0.05, 0.1) is 19.3 Å². The van der Waals surface area contributed by atoms with Crippen molar-refractivity contribution in [1.82, 2.24) is 0 Å². The highest BCUT2D eigenvalue weighted by Crippen LogP contribution is 2.14. The molecule has 1 N–H and O–H groups in total. The molecule has 0 unspecified atom stereocenters. The van der Waals surface area contributed by atoms with Crippen LogP contribution in [0.5, 0.6) is 0 Å². The van der Waals surface area contributed by atoms with Crippen molar-refractivity contribution in [3.05, 3.63) is 0 Å². The summed E-state index contributed by atoms with van der Waals surface area (Å²) < 4.78 is 10.8. The van der Waals surface area contributed by atoms with Crippen LogP contribution >= 0.6 is 0 Å². The second-order valence-corrected chi connectivity index (χ2v) is 5.07. The summed E-state index contributed by atoms with van der Waals surface area (Å²) in [6.07, 6.45) is 10.9. The third-order valence-corrected chi connectivity index (χ3v) is 3.25. The molecule has 1 aliphatic heterocycles. The highest BCUT2D eigenvalue weighted by molar-refractivity contribution is 4.54. The predicted molar refractivity (Wildman–Crippen MR) is 68.9 cm³/mol. The first-order valence-corrected chi connectivity index (χ1v) is 7.20. The van der Waals surface area contributed by atoms with Crippen molar-refractivity contribution >= 4 is 0 Å². The molecule has 0 radical (unpaired) electrons. The Hall–Kier alpha value is -0.120. The Morgan fingerprint density at radius 1 is 0.941 bits per heavy atom. The molecule has 0 aliphatic carbocycles. The second-order valence-electron chi connectivity index (χ2n) is 5.07. The monoisotopic (exact) mass is 244 g/mol. The standard InChI is InChI=1S/C14H28O3/c1-13(15)9-7-5-3-2-4-6-8-10-14-16-11-12-17-14/h13-15H,2-12H2,1H3/t13-/m1/s1. The molecule has 0 aromatic heterocycles. The van der Waals surface area contributed by atoms with Crippen molar-refractivity contribution in [1.29, 1.82) is 0 Å². The first kappa shape index (κ1) is 14.9. The summed E-state index contributed by atoms with van der Waals surface area (Å²) in [4.78, 5) is 0. The average molecular weight is 244 g/mol. The van der Waals surface area contributed by atoms with Gasteiger partial charge in [-0.15, -0.1) is 0 Å². The molecule has 1 saturated heterocycles. The maximum absolute atomic E-state index is 9.11. The van der Waals surface area contributed by atoms with Gasteiger partial charge in [0.15, 0.2) is 6.29 Å². The van der Waals surface area contributed by atoms with Gasteiger partial charge in [-0.05, 0) is 26.2 Å². The fourth-order valence-corrected chi connectivity index (χ4v) is 2.21. The van der Waals surface area contributed by atoms with Crippen LogP contribution in [0.1, 0.15) is 64.7 Å². The van der Waals surface area contributed by atoms with Crippen molar-refractivity contribution in [2.45, 2.75) is 77.1 Å². The molecule has 0 spiro atoms. The Bertz CT molecular complexity index is 165. The van der Waals surface area contributed by atoms with E-state index in [-0.39, 0.29) is 12.4 Å². The molecular weight excluding hydrogens is 216 g/mol. The zero-order valence-corrected chi connectivity index (χ0v) is 11.2. The smallest absolute Gasteiger partial charge is 0.157 e. The van der Waals surface area contributed by atoms with E-state index in [1.807, 2.05) is 6.92 Å². The van der Waals surface area contributed by atoms with Gasteiger partial charge in [-0.25, -0.2) is 0 Å². The van der Waals surface area contributed by atoms with E-state index in [1.165, 1.54) is 44.9 Å². The van der Waals surface area contributed by atoms with Gasteiger partial charge < -0.3 is 14.6 Å². The summed E-state index contributed by atoms with van der Waals surface area (Å²) in [6.45, 7) is 3.41. The Labute approximate surface area is 105 Å². The Balaban J connectivity index is 1.72. The van der Waals surface area contributed by atoms with Gasteiger partial charge in [0.1, 0.15) is 0 Å². The van der Waals surface area contributed by atoms with Crippen LogP contribution < -0.4 is 0 Å². The van der Waals surface area contributed by atoms with Crippen molar-refractivity contribution in [2.75, 3.05) is 13.2 Å². The molecule has 0 bridgehead atoms. The fourth-order valence-electron chi connectivity index (χ4n) is 2.21. The predicted octanol–water partition coefficient (Wildman–Crippen LogP) is 3.25. The highest BCUT2D eigenvalue weighted by atomic mass is 16.7. The molecule has 1 fully saturated rings. The van der Waals surface area contributed by atoms with Crippen LogP contribution in [0.15, 0.2) is 0 Å². The summed E-state index contributed by atoms with van der Waals surface area (Å²) >= 11 is 0. The number of rotatable bonds is 10. The maximum Gasteiger partial charge on any atom is 0.157 e. The van der Waals surface area contributed by atoms with Gasteiger partial charge in [0, 0.05) is 0 Å². The number of hydrogen-bond donors (Lipinski definition) is 1. The second kappa shape index (κ2) is 9.86. The summed E-state index contributed by atoms with van der Waals surface area (Å²) in [5, 5.41) is 9.11. The van der Waals surface area contributed by atoms with Crippen LogP contribution in [0, 0.1) is 0 Å². The Morgan fingerprint density at radius 3 is 2.06 bits per heavy atom. The lowest BCUT2D eigenvalue weighted by Gasteiger charge is -2.08. The van der Waals surface area contributed by atoms with Crippen LogP contribution in [0.4, 0.5) is 0 Å². The zero-order chi connectivity index (χ0) is 12.3. The first-order valence-electron chi connectivity index (χ1n) is 7.20. The van der Waals surface area contributed by atoms with Crippen molar-refractivity contribution in [3.63, 3.8) is 0 Å². The minimum Gasteiger partial charge on any atom is -0.393 e. The molecule has 0 aromatic rings. The van der Waals surface area contributed by atoms with E-state index in [0.29, 0.717) is 0 Å². The van der Waals surface area contributed by atoms with Gasteiger partial charge in [-0.3, -0.25) is 0 Å². The van der Waals surface area contributed by atoms with Gasteiger partial charge in [0.25, 0.3) is 0 Å². The SMILES string of the molecule is C[C@@H](O)CCCCCCCCCC1OCCO1. The molecular formula is C14H28O3. The molecule has 1 aliphatic rings. The minimum absolute atomic E-state index is 0.0843. The normalized spacial score (nSPS) is 18.7. The molecule has 0 amide bonds. The third kappa shape index (κ3) is 8.58. The van der Waals surface area contributed by atoms with E-state index in [4.69, 9.17) is 14.6 Å². The zero-order valence-electron chi connectivity index (χ0n) is 11.2. The van der Waals surface area contributed by atoms with Crippen LogP contribution in [-0.4, -0.2) is 30.7 Å². The minimum atomic E-state index is -0.124. The topological polar surface area (TPSA) is 38.7 Å². The molecule has 3 heteroatoms. The number of aliphatic hydroxyl groups is 1. The van der Waals surface area contributed by atoms with Gasteiger partial charge in [0.2, 0.25) is 0 Å². The van der Waals surface area contributed by atoms with E-state index in [0.717, 1.165) is 26.1 Å². The van der Waals surface area contributed by atoms with E-state index >= 15 is 0 Å². The first-order chi connectivity index (χ1) is 8.29. The van der Waals surface area contributed by atoms with Crippen molar-refractivity contribution < 1.29 is 14.6 Å². The van der Waals surface area contributed by atoms with Crippen LogP contribution in [0.2, 0.25) is 0 Å². The molecule has 102 valence electrons. The van der Waals surface area contributed by atoms with Gasteiger partial charge in [-0.1, -0.05) is 38.5 Å². The van der Waals surface area contributed by atoms with E-state index in [2.05, 4.69) is 0 Å². The summed E-state index contributed by atoms with van der Waals surface area (Å²) in [5.41, 5.74) is 0. The van der Waals surface area contributed by atoms with Gasteiger partial charge >= 0.3 is 0 Å². The average Bonchev–Trinajstić information content (AvgIpc) is 2.79. The fraction of sp³-hybridized carbons (Fsp3) is 1.00. The van der Waals surface area contributed by atoms with Crippen LogP contribution in [0.25, 0.3) is 0 Å². The summed E-state index contributed by atoms with van der Waals surface area (Å²) in [7, 11) is 0. The molecule has 3 nitrogen and oxygen atoms in total. The Kier molecular flexibility index (Phi) is 8.67. The lowest BCUT2D eigenvalue weighted by molar-refractivity contribution is -0.0480. The van der Waals surface area contributed by atoms with Crippen molar-refractivity contribution in [3.8, 4) is 0 Å². The number of aliphatic hydroxyl groups excluding tert-OH is 1. The van der Waals surface area contributed by atoms with Crippen molar-refractivity contribution in [2.24, 2.45) is 0 Å². The van der Waals surface area contributed by atoms with Gasteiger partial charge in [-0.2, -0.15) is 0 Å². The number of hydrogen-bond acceptors (Lipinski definition) is 3. The van der Waals surface area contributed by atoms with E-state index < -0.39 is 0 Å². The third-order valence-electron chi connectivity index (χ3n) is 3.25.